The molecule has 0 spiro atoms. The Kier molecular flexibility index (Phi) is 4.08. The van der Waals surface area contributed by atoms with Crippen molar-refractivity contribution in [1.82, 2.24) is 10.9 Å². The number of hydrogen-bond acceptors (Lipinski definition) is 4. The van der Waals surface area contributed by atoms with E-state index >= 15 is 0 Å². The van der Waals surface area contributed by atoms with Crippen LogP contribution in [0.25, 0.3) is 0 Å². The predicted octanol–water partition coefficient (Wildman–Crippen LogP) is 2.95. The molecule has 0 saturated carbocycles. The highest BCUT2D eigenvalue weighted by Gasteiger charge is 2.27. The lowest BCUT2D eigenvalue weighted by atomic mass is 9.97. The summed E-state index contributed by atoms with van der Waals surface area (Å²) in [5.41, 5.74) is 15.7. The van der Waals surface area contributed by atoms with E-state index in [9.17, 15) is 0 Å². The van der Waals surface area contributed by atoms with Gasteiger partial charge in [0.05, 0.1) is 12.6 Å². The lowest BCUT2D eigenvalue weighted by Crippen LogP contribution is -2.26. The maximum atomic E-state index is 5.74. The fourth-order valence-electron chi connectivity index (χ4n) is 2.76. The second-order valence-corrected chi connectivity index (χ2v) is 5.27. The van der Waals surface area contributed by atoms with Crippen molar-refractivity contribution in [1.29, 1.82) is 0 Å². The third-order valence-electron chi connectivity index (χ3n) is 3.84. The van der Waals surface area contributed by atoms with E-state index in [4.69, 9.17) is 10.5 Å². The van der Waals surface area contributed by atoms with Crippen molar-refractivity contribution < 1.29 is 4.74 Å². The van der Waals surface area contributed by atoms with Gasteiger partial charge in [-0.15, -0.1) is 0 Å². The third kappa shape index (κ3) is 3.01. The summed E-state index contributed by atoms with van der Waals surface area (Å²) in [7, 11) is 0. The van der Waals surface area contributed by atoms with Crippen molar-refractivity contribution in [2.24, 2.45) is 0 Å². The zero-order chi connectivity index (χ0) is 14.7. The summed E-state index contributed by atoms with van der Waals surface area (Å²) in [4.78, 5) is 0. The van der Waals surface area contributed by atoms with E-state index in [1.165, 1.54) is 11.1 Å². The average Bonchev–Trinajstić information content (AvgIpc) is 2.99. The fraction of sp³-hybridized carbons (Fsp3) is 0.294. The topological polar surface area (TPSA) is 59.3 Å². The van der Waals surface area contributed by atoms with Crippen LogP contribution in [-0.2, 0) is 0 Å². The highest BCUT2D eigenvalue weighted by atomic mass is 16.5. The Balaban J connectivity index is 1.76. The maximum absolute atomic E-state index is 5.74. The van der Waals surface area contributed by atoms with Crippen molar-refractivity contribution in [3.63, 3.8) is 0 Å². The first-order valence-corrected chi connectivity index (χ1v) is 7.36. The molecule has 4 heteroatoms. The van der Waals surface area contributed by atoms with Gasteiger partial charge in [-0.05, 0) is 37.1 Å². The highest BCUT2D eigenvalue weighted by molar-refractivity contribution is 5.41. The number of rotatable bonds is 4. The second kappa shape index (κ2) is 6.16. The van der Waals surface area contributed by atoms with Crippen LogP contribution < -0.4 is 21.3 Å². The molecule has 0 radical (unpaired) electrons. The molecule has 2 unspecified atom stereocenters. The zero-order valence-electron chi connectivity index (χ0n) is 12.2. The van der Waals surface area contributed by atoms with Gasteiger partial charge in [-0.1, -0.05) is 30.3 Å². The first-order valence-electron chi connectivity index (χ1n) is 7.36. The van der Waals surface area contributed by atoms with Gasteiger partial charge in [0.15, 0.2) is 0 Å². The van der Waals surface area contributed by atoms with E-state index < -0.39 is 0 Å². The average molecular weight is 283 g/mol. The molecule has 2 atom stereocenters. The molecule has 4 N–H and O–H groups in total. The Hall–Kier alpha value is -2.04. The monoisotopic (exact) mass is 283 g/mol. The molecule has 0 aromatic heterocycles. The van der Waals surface area contributed by atoms with Gasteiger partial charge in [0.1, 0.15) is 5.75 Å². The van der Waals surface area contributed by atoms with Crippen molar-refractivity contribution >= 4 is 5.69 Å². The normalized spacial score (nSPS) is 21.4. The fourth-order valence-corrected chi connectivity index (χ4v) is 2.76. The molecule has 4 nitrogen and oxygen atoms in total. The number of anilines is 1. The first-order chi connectivity index (χ1) is 10.3. The van der Waals surface area contributed by atoms with E-state index in [2.05, 4.69) is 35.1 Å². The highest BCUT2D eigenvalue weighted by Crippen LogP contribution is 2.35. The smallest absolute Gasteiger partial charge is 0.124 e. The lowest BCUT2D eigenvalue weighted by molar-refractivity contribution is 0.332. The minimum Gasteiger partial charge on any atom is -0.494 e. The number of ether oxygens (including phenoxy) is 1. The maximum Gasteiger partial charge on any atom is 0.124 e. The van der Waals surface area contributed by atoms with E-state index in [1.807, 2.05) is 31.2 Å². The van der Waals surface area contributed by atoms with Crippen LogP contribution in [0.1, 0.15) is 36.6 Å². The van der Waals surface area contributed by atoms with Crippen molar-refractivity contribution in [2.45, 2.75) is 25.4 Å². The summed E-state index contributed by atoms with van der Waals surface area (Å²) >= 11 is 0. The Morgan fingerprint density at radius 1 is 1.05 bits per heavy atom. The minimum atomic E-state index is 0.246. The molecule has 1 fully saturated rings. The standard InChI is InChI=1S/C17H21N3O/c1-2-21-17-6-4-3-5-14(17)16-11-15(19-20-16)12-7-9-13(18)10-8-12/h3-10,15-16,19-20H,2,11,18H2,1H3. The Bertz CT molecular complexity index is 597. The van der Waals surface area contributed by atoms with Crippen LogP contribution >= 0.6 is 0 Å². The summed E-state index contributed by atoms with van der Waals surface area (Å²) in [6.45, 7) is 2.69. The molecule has 2 aromatic carbocycles. The van der Waals surface area contributed by atoms with Gasteiger partial charge in [0, 0.05) is 17.3 Å². The summed E-state index contributed by atoms with van der Waals surface area (Å²) in [5, 5.41) is 0. The molecule has 0 aliphatic carbocycles. The third-order valence-corrected chi connectivity index (χ3v) is 3.84. The number of benzene rings is 2. The van der Waals surface area contributed by atoms with Gasteiger partial charge in [-0.2, -0.15) is 0 Å². The van der Waals surface area contributed by atoms with Gasteiger partial charge in [-0.25, -0.2) is 10.9 Å². The Morgan fingerprint density at radius 3 is 2.52 bits per heavy atom. The van der Waals surface area contributed by atoms with Crippen molar-refractivity contribution in [2.75, 3.05) is 12.3 Å². The molecular formula is C17H21N3O. The van der Waals surface area contributed by atoms with E-state index in [1.54, 1.807) is 0 Å². The van der Waals surface area contributed by atoms with Crippen molar-refractivity contribution in [3.8, 4) is 5.75 Å². The van der Waals surface area contributed by atoms with Crippen LogP contribution in [-0.4, -0.2) is 6.61 Å². The van der Waals surface area contributed by atoms with Gasteiger partial charge in [0.2, 0.25) is 0 Å². The Labute approximate surface area is 125 Å². The molecule has 1 aliphatic heterocycles. The number of nitrogen functional groups attached to an aromatic ring is 1. The van der Waals surface area contributed by atoms with Crippen molar-refractivity contribution in [3.05, 3.63) is 59.7 Å². The largest absolute Gasteiger partial charge is 0.494 e. The summed E-state index contributed by atoms with van der Waals surface area (Å²) in [5.74, 6) is 0.956. The summed E-state index contributed by atoms with van der Waals surface area (Å²) < 4.78 is 5.72. The number of nitrogens with two attached hydrogens (primary N) is 1. The summed E-state index contributed by atoms with van der Waals surface area (Å²) in [6.07, 6.45) is 0.980. The molecule has 21 heavy (non-hydrogen) atoms. The van der Waals surface area contributed by atoms with Crippen LogP contribution in [0.3, 0.4) is 0 Å². The van der Waals surface area contributed by atoms with Gasteiger partial charge in [-0.3, -0.25) is 0 Å². The first kappa shape index (κ1) is 13.9. The van der Waals surface area contributed by atoms with Gasteiger partial charge >= 0.3 is 0 Å². The Morgan fingerprint density at radius 2 is 1.76 bits per heavy atom. The minimum absolute atomic E-state index is 0.246. The number of hydrazine groups is 1. The van der Waals surface area contributed by atoms with Gasteiger partial charge < -0.3 is 10.5 Å². The quantitative estimate of drug-likeness (QED) is 0.755. The number of para-hydroxylation sites is 1. The number of nitrogens with one attached hydrogen (secondary N) is 2. The zero-order valence-corrected chi connectivity index (χ0v) is 12.2. The molecule has 1 heterocycles. The van der Waals surface area contributed by atoms with E-state index in [0.29, 0.717) is 6.61 Å². The van der Waals surface area contributed by atoms with Crippen LogP contribution in [0.2, 0.25) is 0 Å². The molecule has 1 saturated heterocycles. The molecule has 0 bridgehead atoms. The van der Waals surface area contributed by atoms with Crippen LogP contribution in [0.5, 0.6) is 5.75 Å². The molecule has 0 amide bonds. The molecule has 110 valence electrons. The van der Waals surface area contributed by atoms with Gasteiger partial charge in [0.25, 0.3) is 0 Å². The number of hydrogen-bond donors (Lipinski definition) is 3. The SMILES string of the molecule is CCOc1ccccc1C1CC(c2ccc(N)cc2)NN1. The second-order valence-electron chi connectivity index (χ2n) is 5.27. The summed E-state index contributed by atoms with van der Waals surface area (Å²) in [6, 6.07) is 16.8. The van der Waals surface area contributed by atoms with E-state index in [-0.39, 0.29) is 12.1 Å². The molecule has 1 aliphatic rings. The van der Waals surface area contributed by atoms with Crippen LogP contribution in [0.4, 0.5) is 5.69 Å². The van der Waals surface area contributed by atoms with Crippen LogP contribution in [0.15, 0.2) is 48.5 Å². The predicted molar refractivity (Wildman–Crippen MR) is 84.8 cm³/mol. The molecular weight excluding hydrogens is 262 g/mol. The van der Waals surface area contributed by atoms with E-state index in [0.717, 1.165) is 17.9 Å². The molecule has 3 rings (SSSR count). The lowest BCUT2D eigenvalue weighted by Gasteiger charge is -2.15. The molecule has 2 aromatic rings. The van der Waals surface area contributed by atoms with Crippen LogP contribution in [0, 0.1) is 0 Å².